The molecule has 2 rings (SSSR count). The molecule has 1 aromatic carbocycles. The van der Waals surface area contributed by atoms with Crippen LogP contribution in [-0.4, -0.2) is 25.5 Å². The van der Waals surface area contributed by atoms with Gasteiger partial charge in [-0.3, -0.25) is 14.0 Å². The van der Waals surface area contributed by atoms with E-state index in [1.165, 1.54) is 0 Å². The Morgan fingerprint density at radius 2 is 2.16 bits per heavy atom. The fraction of sp³-hybridized carbons (Fsp3) is 0.286. The SMILES string of the molecule is CCC(C(=O)O)S(=O)Cc1cnc2ccccc2c1. The summed E-state index contributed by atoms with van der Waals surface area (Å²) >= 11 is 0. The highest BCUT2D eigenvalue weighted by Crippen LogP contribution is 2.15. The summed E-state index contributed by atoms with van der Waals surface area (Å²) in [6.45, 7) is 1.73. The molecule has 2 unspecified atom stereocenters. The molecular weight excluding hydrogens is 262 g/mol. The minimum Gasteiger partial charge on any atom is -0.480 e. The van der Waals surface area contributed by atoms with Gasteiger partial charge in [-0.25, -0.2) is 0 Å². The molecule has 2 atom stereocenters. The van der Waals surface area contributed by atoms with Crippen LogP contribution in [0.1, 0.15) is 18.9 Å². The van der Waals surface area contributed by atoms with Crippen molar-refractivity contribution in [3.8, 4) is 0 Å². The van der Waals surface area contributed by atoms with Gasteiger partial charge in [0.2, 0.25) is 0 Å². The molecule has 0 radical (unpaired) electrons. The number of pyridine rings is 1. The Labute approximate surface area is 113 Å². The van der Waals surface area contributed by atoms with E-state index in [1.807, 2.05) is 30.3 Å². The molecule has 1 N–H and O–H groups in total. The maximum absolute atomic E-state index is 12.0. The van der Waals surface area contributed by atoms with Crippen molar-refractivity contribution in [1.29, 1.82) is 0 Å². The van der Waals surface area contributed by atoms with Crippen LogP contribution >= 0.6 is 0 Å². The van der Waals surface area contributed by atoms with E-state index in [4.69, 9.17) is 5.11 Å². The number of rotatable bonds is 5. The van der Waals surface area contributed by atoms with Gasteiger partial charge in [0.05, 0.1) is 11.3 Å². The standard InChI is InChI=1S/C14H15NO3S/c1-2-13(14(16)17)19(18)9-10-7-11-5-3-4-6-12(11)15-8-10/h3-8,13H,2,9H2,1H3,(H,16,17). The first-order chi connectivity index (χ1) is 9.11. The molecule has 0 saturated heterocycles. The summed E-state index contributed by atoms with van der Waals surface area (Å²) in [6.07, 6.45) is 2.03. The minimum absolute atomic E-state index is 0.225. The minimum atomic E-state index is -1.42. The van der Waals surface area contributed by atoms with Gasteiger partial charge in [-0.2, -0.15) is 0 Å². The summed E-state index contributed by atoms with van der Waals surface area (Å²) in [7, 11) is -1.42. The predicted molar refractivity (Wildman–Crippen MR) is 75.3 cm³/mol. The van der Waals surface area contributed by atoms with Crippen LogP contribution in [0.2, 0.25) is 0 Å². The van der Waals surface area contributed by atoms with Crippen molar-refractivity contribution >= 4 is 27.7 Å². The number of para-hydroxylation sites is 1. The van der Waals surface area contributed by atoms with Crippen molar-refractivity contribution in [3.63, 3.8) is 0 Å². The van der Waals surface area contributed by atoms with Crippen LogP contribution in [0.15, 0.2) is 36.5 Å². The first kappa shape index (κ1) is 13.7. The van der Waals surface area contributed by atoms with Crippen molar-refractivity contribution in [3.05, 3.63) is 42.1 Å². The lowest BCUT2D eigenvalue weighted by atomic mass is 10.2. The first-order valence-corrected chi connectivity index (χ1v) is 7.43. The van der Waals surface area contributed by atoms with E-state index < -0.39 is 22.0 Å². The van der Waals surface area contributed by atoms with Gasteiger partial charge in [0.15, 0.2) is 0 Å². The number of benzene rings is 1. The molecule has 1 heterocycles. The van der Waals surface area contributed by atoms with Gasteiger partial charge < -0.3 is 5.11 Å². The second-order valence-electron chi connectivity index (χ2n) is 4.30. The second kappa shape index (κ2) is 5.93. The number of hydrogen-bond donors (Lipinski definition) is 1. The van der Waals surface area contributed by atoms with Crippen LogP contribution in [0.25, 0.3) is 10.9 Å². The Balaban J connectivity index is 2.21. The molecule has 19 heavy (non-hydrogen) atoms. The number of aromatic nitrogens is 1. The summed E-state index contributed by atoms with van der Waals surface area (Å²) in [4.78, 5) is 15.2. The molecule has 0 fully saturated rings. The molecule has 2 aromatic rings. The number of carboxylic acid groups (broad SMARTS) is 1. The molecule has 100 valence electrons. The zero-order valence-corrected chi connectivity index (χ0v) is 11.4. The highest BCUT2D eigenvalue weighted by Gasteiger charge is 2.22. The summed E-state index contributed by atoms with van der Waals surface area (Å²) in [5.41, 5.74) is 1.68. The van der Waals surface area contributed by atoms with Gasteiger partial charge in [0.25, 0.3) is 0 Å². The summed E-state index contributed by atoms with van der Waals surface area (Å²) in [5.74, 6) is -0.780. The van der Waals surface area contributed by atoms with E-state index >= 15 is 0 Å². The maximum atomic E-state index is 12.0. The Morgan fingerprint density at radius 3 is 2.84 bits per heavy atom. The van der Waals surface area contributed by atoms with Crippen LogP contribution in [0.3, 0.4) is 0 Å². The average Bonchev–Trinajstić information content (AvgIpc) is 2.39. The number of hydrogen-bond acceptors (Lipinski definition) is 3. The quantitative estimate of drug-likeness (QED) is 0.911. The van der Waals surface area contributed by atoms with Crippen molar-refractivity contribution < 1.29 is 14.1 Å². The lowest BCUT2D eigenvalue weighted by Crippen LogP contribution is -2.25. The number of carboxylic acids is 1. The first-order valence-electron chi connectivity index (χ1n) is 6.05. The number of nitrogens with zero attached hydrogens (tertiary/aromatic N) is 1. The highest BCUT2D eigenvalue weighted by atomic mass is 32.2. The number of carbonyl (C=O) groups is 1. The lowest BCUT2D eigenvalue weighted by Gasteiger charge is -2.09. The fourth-order valence-corrected chi connectivity index (χ4v) is 3.22. The Morgan fingerprint density at radius 1 is 1.42 bits per heavy atom. The van der Waals surface area contributed by atoms with Crippen LogP contribution in [0.4, 0.5) is 0 Å². The van der Waals surface area contributed by atoms with Gasteiger partial charge in [0.1, 0.15) is 5.25 Å². The summed E-state index contributed by atoms with van der Waals surface area (Å²) in [5, 5.41) is 9.14. The molecule has 4 nitrogen and oxygen atoms in total. The largest absolute Gasteiger partial charge is 0.480 e. The summed E-state index contributed by atoms with van der Waals surface area (Å²) < 4.78 is 12.0. The zero-order chi connectivity index (χ0) is 13.8. The van der Waals surface area contributed by atoms with E-state index in [0.717, 1.165) is 16.5 Å². The third-order valence-electron chi connectivity index (χ3n) is 2.92. The molecule has 0 aliphatic carbocycles. The van der Waals surface area contributed by atoms with Gasteiger partial charge >= 0.3 is 5.97 Å². The molecule has 0 aliphatic heterocycles. The van der Waals surface area contributed by atoms with Crippen LogP contribution in [0.5, 0.6) is 0 Å². The second-order valence-corrected chi connectivity index (χ2v) is 5.92. The van der Waals surface area contributed by atoms with Gasteiger partial charge in [-0.15, -0.1) is 0 Å². The van der Waals surface area contributed by atoms with Crippen LogP contribution < -0.4 is 0 Å². The highest BCUT2D eigenvalue weighted by molar-refractivity contribution is 7.85. The monoisotopic (exact) mass is 277 g/mol. The number of aliphatic carboxylic acids is 1. The van der Waals surface area contributed by atoms with Gasteiger partial charge in [-0.05, 0) is 24.1 Å². The van der Waals surface area contributed by atoms with E-state index in [1.54, 1.807) is 13.1 Å². The van der Waals surface area contributed by atoms with Crippen molar-refractivity contribution in [1.82, 2.24) is 4.98 Å². The Hall–Kier alpha value is -1.75. The van der Waals surface area contributed by atoms with E-state index in [-0.39, 0.29) is 5.75 Å². The third-order valence-corrected chi connectivity index (χ3v) is 4.71. The van der Waals surface area contributed by atoms with E-state index in [2.05, 4.69) is 4.98 Å². The normalized spacial score (nSPS) is 14.2. The Bertz CT molecular complexity index is 627. The molecule has 0 bridgehead atoms. The third kappa shape index (κ3) is 3.17. The van der Waals surface area contributed by atoms with E-state index in [9.17, 15) is 9.00 Å². The smallest absolute Gasteiger partial charge is 0.319 e. The molecule has 5 heteroatoms. The maximum Gasteiger partial charge on any atom is 0.319 e. The molecular formula is C14H15NO3S. The molecule has 0 saturated carbocycles. The molecule has 1 aromatic heterocycles. The predicted octanol–water partition coefficient (Wildman–Crippen LogP) is 2.35. The topological polar surface area (TPSA) is 67.3 Å². The molecule has 0 amide bonds. The van der Waals surface area contributed by atoms with Crippen molar-refractivity contribution in [2.24, 2.45) is 0 Å². The summed E-state index contributed by atoms with van der Waals surface area (Å²) in [6, 6.07) is 9.57. The van der Waals surface area contributed by atoms with Crippen molar-refractivity contribution in [2.45, 2.75) is 24.3 Å². The lowest BCUT2D eigenvalue weighted by molar-refractivity contribution is -0.136. The molecule has 0 aliphatic rings. The van der Waals surface area contributed by atoms with Crippen molar-refractivity contribution in [2.75, 3.05) is 0 Å². The fourth-order valence-electron chi connectivity index (χ4n) is 1.93. The van der Waals surface area contributed by atoms with E-state index in [0.29, 0.717) is 6.42 Å². The Kier molecular flexibility index (Phi) is 4.27. The zero-order valence-electron chi connectivity index (χ0n) is 10.6. The van der Waals surface area contributed by atoms with Crippen LogP contribution in [0, 0.1) is 0 Å². The molecule has 0 spiro atoms. The van der Waals surface area contributed by atoms with Gasteiger partial charge in [-0.1, -0.05) is 25.1 Å². The number of fused-ring (bicyclic) bond motifs is 1. The van der Waals surface area contributed by atoms with Gasteiger partial charge in [0, 0.05) is 22.4 Å². The van der Waals surface area contributed by atoms with Crippen LogP contribution in [-0.2, 0) is 21.3 Å². The average molecular weight is 277 g/mol.